The third kappa shape index (κ3) is 2.83. The quantitative estimate of drug-likeness (QED) is 0.781. The van der Waals surface area contributed by atoms with E-state index in [9.17, 15) is 14.7 Å². The second kappa shape index (κ2) is 5.77. The van der Waals surface area contributed by atoms with Crippen LogP contribution in [0.3, 0.4) is 0 Å². The zero-order chi connectivity index (χ0) is 14.0. The Morgan fingerprint density at radius 2 is 2.00 bits per heavy atom. The fraction of sp³-hybridized carbons (Fsp3) is 0.846. The molecule has 0 radical (unpaired) electrons. The molecule has 0 bridgehead atoms. The Labute approximate surface area is 113 Å². The van der Waals surface area contributed by atoms with E-state index < -0.39 is 18.1 Å². The Balaban J connectivity index is 2.11. The monoisotopic (exact) mass is 270 g/mol. The summed E-state index contributed by atoms with van der Waals surface area (Å²) in [6.07, 6.45) is 3.36. The minimum atomic E-state index is -1.03. The first-order valence-corrected chi connectivity index (χ1v) is 7.02. The largest absolute Gasteiger partial charge is 0.480 e. The van der Waals surface area contributed by atoms with Gasteiger partial charge in [0.25, 0.3) is 0 Å². The van der Waals surface area contributed by atoms with Gasteiger partial charge in [-0.1, -0.05) is 6.92 Å². The zero-order valence-electron chi connectivity index (χ0n) is 11.3. The van der Waals surface area contributed by atoms with Gasteiger partial charge in [-0.05, 0) is 25.7 Å². The van der Waals surface area contributed by atoms with Crippen LogP contribution in [0.15, 0.2) is 0 Å². The van der Waals surface area contributed by atoms with Crippen LogP contribution in [-0.4, -0.2) is 63.3 Å². The summed E-state index contributed by atoms with van der Waals surface area (Å²) in [5.74, 6) is -1.03. The summed E-state index contributed by atoms with van der Waals surface area (Å²) in [6.45, 7) is 2.86. The maximum Gasteiger partial charge on any atom is 0.326 e. The number of nitrogens with zero attached hydrogens (tertiary/aromatic N) is 2. The number of amides is 2. The van der Waals surface area contributed by atoms with Crippen molar-refractivity contribution in [3.63, 3.8) is 0 Å². The van der Waals surface area contributed by atoms with E-state index in [2.05, 4.69) is 0 Å². The molecule has 2 heterocycles. The number of aliphatic carboxylic acids is 1. The van der Waals surface area contributed by atoms with Gasteiger partial charge in [0.15, 0.2) is 0 Å². The number of hydrogen-bond donors (Lipinski definition) is 2. The van der Waals surface area contributed by atoms with Gasteiger partial charge in [-0.2, -0.15) is 0 Å². The van der Waals surface area contributed by atoms with Crippen LogP contribution in [0.1, 0.15) is 39.0 Å². The molecule has 108 valence electrons. The van der Waals surface area contributed by atoms with Crippen LogP contribution in [-0.2, 0) is 4.79 Å². The number of carbonyl (C=O) groups is 2. The Morgan fingerprint density at radius 1 is 1.26 bits per heavy atom. The van der Waals surface area contributed by atoms with Crippen molar-refractivity contribution in [3.05, 3.63) is 0 Å². The first-order chi connectivity index (χ1) is 9.04. The lowest BCUT2D eigenvalue weighted by Crippen LogP contribution is -2.53. The summed E-state index contributed by atoms with van der Waals surface area (Å²) in [5, 5.41) is 18.8. The molecule has 0 aromatic heterocycles. The number of carbonyl (C=O) groups excluding carboxylic acids is 1. The van der Waals surface area contributed by atoms with Crippen molar-refractivity contribution in [2.24, 2.45) is 0 Å². The Hall–Kier alpha value is -1.30. The van der Waals surface area contributed by atoms with Gasteiger partial charge >= 0.3 is 12.0 Å². The average Bonchev–Trinajstić information content (AvgIpc) is 2.80. The number of rotatable bonds is 2. The molecular formula is C13H22N2O4. The first-order valence-electron chi connectivity index (χ1n) is 7.02. The lowest BCUT2D eigenvalue weighted by Gasteiger charge is -2.38. The number of β-amino-alcohol motifs (C(OH)–C–C–N with tert-alkyl or cyclic N) is 1. The average molecular weight is 270 g/mol. The van der Waals surface area contributed by atoms with E-state index in [1.165, 1.54) is 4.90 Å². The highest BCUT2D eigenvalue weighted by Crippen LogP contribution is 2.25. The fourth-order valence-electron chi connectivity index (χ4n) is 3.10. The minimum Gasteiger partial charge on any atom is -0.480 e. The number of aliphatic hydroxyl groups excluding tert-OH is 1. The van der Waals surface area contributed by atoms with Gasteiger partial charge in [0.1, 0.15) is 6.04 Å². The van der Waals surface area contributed by atoms with Crippen LogP contribution < -0.4 is 0 Å². The number of urea groups is 1. The standard InChI is InChI=1S/C13H22N2O4/c1-2-9-5-3-4-6-14(9)13(19)15-8-10(16)7-11(15)12(17)18/h9-11,16H,2-8H2,1H3,(H,17,18)/t9?,10-,11+/m1/s1. The van der Waals surface area contributed by atoms with Crippen molar-refractivity contribution in [3.8, 4) is 0 Å². The molecule has 0 aromatic rings. The van der Waals surface area contributed by atoms with E-state index >= 15 is 0 Å². The highest BCUT2D eigenvalue weighted by molar-refractivity contribution is 5.83. The molecule has 2 aliphatic rings. The number of piperidine rings is 1. The Morgan fingerprint density at radius 3 is 2.63 bits per heavy atom. The van der Waals surface area contributed by atoms with E-state index in [0.717, 1.165) is 25.7 Å². The molecule has 1 unspecified atom stereocenters. The van der Waals surface area contributed by atoms with Crippen molar-refractivity contribution >= 4 is 12.0 Å². The van der Waals surface area contributed by atoms with Gasteiger partial charge in [-0.15, -0.1) is 0 Å². The highest BCUT2D eigenvalue weighted by Gasteiger charge is 2.41. The molecule has 2 amide bonds. The summed E-state index contributed by atoms with van der Waals surface area (Å²) >= 11 is 0. The molecule has 2 N–H and O–H groups in total. The lowest BCUT2D eigenvalue weighted by molar-refractivity contribution is -0.141. The minimum absolute atomic E-state index is 0.128. The van der Waals surface area contributed by atoms with Gasteiger partial charge in [-0.3, -0.25) is 0 Å². The zero-order valence-corrected chi connectivity index (χ0v) is 11.3. The molecule has 19 heavy (non-hydrogen) atoms. The molecule has 0 saturated carbocycles. The third-order valence-electron chi connectivity index (χ3n) is 4.15. The number of carboxylic acid groups (broad SMARTS) is 1. The van der Waals surface area contributed by atoms with Crippen LogP contribution in [0.25, 0.3) is 0 Å². The van der Waals surface area contributed by atoms with Gasteiger partial charge in [0, 0.05) is 25.6 Å². The molecule has 6 nitrogen and oxygen atoms in total. The van der Waals surface area contributed by atoms with Gasteiger partial charge in [-0.25, -0.2) is 9.59 Å². The van der Waals surface area contributed by atoms with Crippen LogP contribution in [0.4, 0.5) is 4.79 Å². The van der Waals surface area contributed by atoms with Crippen LogP contribution in [0.5, 0.6) is 0 Å². The van der Waals surface area contributed by atoms with Crippen molar-refractivity contribution in [2.45, 2.75) is 57.2 Å². The van der Waals surface area contributed by atoms with Crippen molar-refractivity contribution in [2.75, 3.05) is 13.1 Å². The van der Waals surface area contributed by atoms with E-state index in [0.29, 0.717) is 6.54 Å². The number of aliphatic hydroxyl groups is 1. The maximum absolute atomic E-state index is 12.5. The maximum atomic E-state index is 12.5. The summed E-state index contributed by atoms with van der Waals surface area (Å²) < 4.78 is 0. The van der Waals surface area contributed by atoms with E-state index in [4.69, 9.17) is 5.11 Å². The predicted octanol–water partition coefficient (Wildman–Crippen LogP) is 0.891. The van der Waals surface area contributed by atoms with Crippen molar-refractivity contribution < 1.29 is 19.8 Å². The highest BCUT2D eigenvalue weighted by atomic mass is 16.4. The molecule has 0 aliphatic carbocycles. The first kappa shape index (κ1) is 14.1. The van der Waals surface area contributed by atoms with Crippen LogP contribution >= 0.6 is 0 Å². The molecule has 2 aliphatic heterocycles. The van der Waals surface area contributed by atoms with Crippen LogP contribution in [0.2, 0.25) is 0 Å². The second-order valence-electron chi connectivity index (χ2n) is 5.43. The summed E-state index contributed by atoms with van der Waals surface area (Å²) in [4.78, 5) is 26.8. The van der Waals surface area contributed by atoms with Crippen molar-refractivity contribution in [1.82, 2.24) is 9.80 Å². The number of carboxylic acids is 1. The lowest BCUT2D eigenvalue weighted by atomic mass is 10.0. The van der Waals surface area contributed by atoms with Gasteiger partial charge < -0.3 is 20.0 Å². The van der Waals surface area contributed by atoms with Gasteiger partial charge in [0.2, 0.25) is 0 Å². The smallest absolute Gasteiger partial charge is 0.326 e. The number of likely N-dealkylation sites (tertiary alicyclic amines) is 2. The third-order valence-corrected chi connectivity index (χ3v) is 4.15. The molecule has 2 rings (SSSR count). The molecule has 6 heteroatoms. The fourth-order valence-corrected chi connectivity index (χ4v) is 3.10. The SMILES string of the molecule is CCC1CCCCN1C(=O)N1C[C@H](O)C[C@H]1C(=O)O. The Kier molecular flexibility index (Phi) is 4.29. The summed E-state index contributed by atoms with van der Waals surface area (Å²) in [5.41, 5.74) is 0. The second-order valence-corrected chi connectivity index (χ2v) is 5.43. The van der Waals surface area contributed by atoms with Crippen LogP contribution in [0, 0.1) is 0 Å². The van der Waals surface area contributed by atoms with Crippen molar-refractivity contribution in [1.29, 1.82) is 0 Å². The molecule has 0 spiro atoms. The van der Waals surface area contributed by atoms with E-state index in [1.807, 2.05) is 6.92 Å². The number of hydrogen-bond acceptors (Lipinski definition) is 3. The molecule has 3 atom stereocenters. The normalized spacial score (nSPS) is 31.6. The van der Waals surface area contributed by atoms with Gasteiger partial charge in [0.05, 0.1) is 6.10 Å². The molecule has 2 saturated heterocycles. The molecule has 0 aromatic carbocycles. The predicted molar refractivity (Wildman–Crippen MR) is 68.8 cm³/mol. The summed E-state index contributed by atoms with van der Waals surface area (Å²) in [6, 6.07) is -0.911. The van der Waals surface area contributed by atoms with E-state index in [1.54, 1.807) is 4.90 Å². The van der Waals surface area contributed by atoms with E-state index in [-0.39, 0.29) is 25.0 Å². The topological polar surface area (TPSA) is 81.1 Å². The molecule has 2 fully saturated rings. The Bertz CT molecular complexity index is 361. The molecular weight excluding hydrogens is 248 g/mol. The summed E-state index contributed by atoms with van der Waals surface area (Å²) in [7, 11) is 0.